The van der Waals surface area contributed by atoms with Crippen LogP contribution in [-0.2, 0) is 6.18 Å². The molecule has 1 aromatic heterocycles. The first-order chi connectivity index (χ1) is 9.40. The average Bonchev–Trinajstić information content (AvgIpc) is 2.40. The van der Waals surface area contributed by atoms with Crippen LogP contribution in [0.4, 0.5) is 30.4 Å². The molecular weight excluding hydrogens is 269 g/mol. The normalized spacial score (nSPS) is 11.2. The third-order valence-electron chi connectivity index (χ3n) is 2.75. The monoisotopic (exact) mass is 282 g/mol. The van der Waals surface area contributed by atoms with E-state index in [-0.39, 0.29) is 0 Å². The number of rotatable bonds is 3. The van der Waals surface area contributed by atoms with E-state index in [9.17, 15) is 13.2 Å². The van der Waals surface area contributed by atoms with Gasteiger partial charge in [-0.25, -0.2) is 10.8 Å². The Bertz CT molecular complexity index is 611. The summed E-state index contributed by atoms with van der Waals surface area (Å²) in [7, 11) is 0. The third kappa shape index (κ3) is 3.18. The van der Waals surface area contributed by atoms with E-state index < -0.39 is 11.7 Å². The molecular formula is C13H13F3N4. The fourth-order valence-corrected chi connectivity index (χ4v) is 1.68. The number of hydrazine groups is 1. The maximum absolute atomic E-state index is 12.7. The fourth-order valence-electron chi connectivity index (χ4n) is 1.68. The van der Waals surface area contributed by atoms with Gasteiger partial charge in [-0.15, -0.1) is 0 Å². The van der Waals surface area contributed by atoms with Crippen molar-refractivity contribution in [3.63, 3.8) is 0 Å². The highest BCUT2D eigenvalue weighted by molar-refractivity contribution is 5.65. The van der Waals surface area contributed by atoms with Crippen molar-refractivity contribution in [2.75, 3.05) is 10.7 Å². The van der Waals surface area contributed by atoms with Crippen LogP contribution in [0.1, 0.15) is 11.1 Å². The molecule has 7 heteroatoms. The number of nitrogens with zero attached hydrogens (tertiary/aromatic N) is 1. The maximum Gasteiger partial charge on any atom is 0.416 e. The van der Waals surface area contributed by atoms with Crippen molar-refractivity contribution >= 4 is 17.2 Å². The largest absolute Gasteiger partial charge is 0.416 e. The van der Waals surface area contributed by atoms with Crippen molar-refractivity contribution in [3.05, 3.63) is 47.7 Å². The Labute approximate surface area is 113 Å². The Hall–Kier alpha value is -2.28. The number of halogens is 3. The quantitative estimate of drug-likeness (QED) is 0.596. The van der Waals surface area contributed by atoms with Crippen LogP contribution in [0.25, 0.3) is 0 Å². The molecule has 106 valence electrons. The van der Waals surface area contributed by atoms with Gasteiger partial charge in [-0.1, -0.05) is 6.07 Å². The molecule has 0 bridgehead atoms. The summed E-state index contributed by atoms with van der Waals surface area (Å²) in [6, 6.07) is 6.79. The van der Waals surface area contributed by atoms with E-state index in [0.717, 1.165) is 12.1 Å². The number of pyridine rings is 1. The number of nitrogens with one attached hydrogen (secondary N) is 2. The van der Waals surface area contributed by atoms with Crippen LogP contribution in [0.2, 0.25) is 0 Å². The number of hydrogen-bond donors (Lipinski definition) is 3. The van der Waals surface area contributed by atoms with Gasteiger partial charge in [-0.2, -0.15) is 13.2 Å². The summed E-state index contributed by atoms with van der Waals surface area (Å²) in [6.07, 6.45) is -2.87. The lowest BCUT2D eigenvalue weighted by molar-refractivity contribution is -0.137. The number of anilines is 3. The Kier molecular flexibility index (Phi) is 3.80. The topological polar surface area (TPSA) is 63.0 Å². The second-order valence-corrected chi connectivity index (χ2v) is 4.23. The molecule has 0 unspecified atom stereocenters. The molecule has 4 N–H and O–H groups in total. The summed E-state index contributed by atoms with van der Waals surface area (Å²) < 4.78 is 38.1. The van der Waals surface area contributed by atoms with Gasteiger partial charge in [0, 0.05) is 23.6 Å². The molecule has 0 fully saturated rings. The van der Waals surface area contributed by atoms with E-state index in [1.807, 2.05) is 0 Å². The minimum absolute atomic E-state index is 0.383. The molecule has 2 rings (SSSR count). The number of hydrogen-bond acceptors (Lipinski definition) is 4. The molecule has 0 saturated carbocycles. The molecule has 0 aliphatic carbocycles. The highest BCUT2D eigenvalue weighted by Crippen LogP contribution is 2.33. The number of aryl methyl sites for hydroxylation is 1. The summed E-state index contributed by atoms with van der Waals surface area (Å²) in [5.74, 6) is 5.65. The first-order valence-corrected chi connectivity index (χ1v) is 5.77. The van der Waals surface area contributed by atoms with E-state index in [2.05, 4.69) is 15.7 Å². The van der Waals surface area contributed by atoms with Gasteiger partial charge >= 0.3 is 6.18 Å². The van der Waals surface area contributed by atoms with Crippen LogP contribution in [0.5, 0.6) is 0 Å². The molecule has 4 nitrogen and oxygen atoms in total. The zero-order valence-electron chi connectivity index (χ0n) is 10.6. The van der Waals surface area contributed by atoms with E-state index in [0.29, 0.717) is 22.8 Å². The number of alkyl halides is 3. The summed E-state index contributed by atoms with van der Waals surface area (Å²) in [4.78, 5) is 3.92. The Morgan fingerprint density at radius 1 is 1.15 bits per heavy atom. The summed E-state index contributed by atoms with van der Waals surface area (Å²) in [6.45, 7) is 1.73. The molecule has 1 aromatic carbocycles. The number of nitrogen functional groups attached to an aromatic ring is 1. The molecule has 0 aliphatic heterocycles. The third-order valence-corrected chi connectivity index (χ3v) is 2.75. The van der Waals surface area contributed by atoms with Gasteiger partial charge in [0.2, 0.25) is 0 Å². The predicted molar refractivity (Wildman–Crippen MR) is 71.5 cm³/mol. The molecule has 2 aromatic rings. The van der Waals surface area contributed by atoms with Gasteiger partial charge in [-0.05, 0) is 30.7 Å². The van der Waals surface area contributed by atoms with E-state index in [4.69, 9.17) is 5.84 Å². The Morgan fingerprint density at radius 2 is 1.90 bits per heavy atom. The summed E-state index contributed by atoms with van der Waals surface area (Å²) in [5.41, 5.74) is 3.36. The van der Waals surface area contributed by atoms with Gasteiger partial charge in [0.05, 0.1) is 5.56 Å². The van der Waals surface area contributed by atoms with Crippen LogP contribution >= 0.6 is 0 Å². The highest BCUT2D eigenvalue weighted by atomic mass is 19.4. The second-order valence-electron chi connectivity index (χ2n) is 4.23. The molecule has 0 radical (unpaired) electrons. The fraction of sp³-hybridized carbons (Fsp3) is 0.154. The van der Waals surface area contributed by atoms with Crippen LogP contribution in [0.15, 0.2) is 36.5 Å². The molecule has 0 amide bonds. The van der Waals surface area contributed by atoms with Crippen LogP contribution in [0, 0.1) is 6.92 Å². The Balaban J connectivity index is 2.32. The van der Waals surface area contributed by atoms with Crippen molar-refractivity contribution in [3.8, 4) is 0 Å². The first-order valence-electron chi connectivity index (χ1n) is 5.77. The lowest BCUT2D eigenvalue weighted by Crippen LogP contribution is -2.09. The van der Waals surface area contributed by atoms with Gasteiger partial charge < -0.3 is 10.7 Å². The van der Waals surface area contributed by atoms with Crippen LogP contribution < -0.4 is 16.6 Å². The van der Waals surface area contributed by atoms with Crippen molar-refractivity contribution in [1.29, 1.82) is 0 Å². The number of nitrogens with two attached hydrogens (primary N) is 1. The second kappa shape index (κ2) is 5.38. The minimum Gasteiger partial charge on any atom is -0.355 e. The van der Waals surface area contributed by atoms with Gasteiger partial charge in [-0.3, -0.25) is 0 Å². The van der Waals surface area contributed by atoms with Crippen LogP contribution in [0.3, 0.4) is 0 Å². The molecule has 0 spiro atoms. The van der Waals surface area contributed by atoms with Crippen molar-refractivity contribution in [2.24, 2.45) is 5.84 Å². The maximum atomic E-state index is 12.7. The van der Waals surface area contributed by atoms with Crippen molar-refractivity contribution in [2.45, 2.75) is 13.1 Å². The zero-order valence-corrected chi connectivity index (χ0v) is 10.6. The van der Waals surface area contributed by atoms with Crippen molar-refractivity contribution < 1.29 is 13.2 Å². The molecule has 0 atom stereocenters. The molecule has 1 heterocycles. The number of aromatic nitrogens is 1. The zero-order chi connectivity index (χ0) is 14.8. The summed E-state index contributed by atoms with van der Waals surface area (Å²) in [5, 5.41) is 2.92. The van der Waals surface area contributed by atoms with E-state index in [1.165, 1.54) is 12.3 Å². The lowest BCUT2D eigenvalue weighted by Gasteiger charge is -2.13. The number of benzene rings is 1. The predicted octanol–water partition coefficient (Wildman–Crippen LogP) is 3.44. The first kappa shape index (κ1) is 14.1. The standard InChI is InChI=1S/C13H13F3N4/c1-8-2-3-9(13(14,15)16)6-11(8)19-10-4-5-18-12(7-10)20-17/h2-7H,17H2,1H3,(H2,18,19,20). The van der Waals surface area contributed by atoms with Gasteiger partial charge in [0.15, 0.2) is 0 Å². The summed E-state index contributed by atoms with van der Waals surface area (Å²) >= 11 is 0. The van der Waals surface area contributed by atoms with Crippen LogP contribution in [-0.4, -0.2) is 4.98 Å². The smallest absolute Gasteiger partial charge is 0.355 e. The van der Waals surface area contributed by atoms with E-state index in [1.54, 1.807) is 19.1 Å². The lowest BCUT2D eigenvalue weighted by atomic mass is 10.1. The Morgan fingerprint density at radius 3 is 2.55 bits per heavy atom. The van der Waals surface area contributed by atoms with Gasteiger partial charge in [0.25, 0.3) is 0 Å². The molecule has 20 heavy (non-hydrogen) atoms. The molecule has 0 aliphatic rings. The van der Waals surface area contributed by atoms with E-state index >= 15 is 0 Å². The average molecular weight is 282 g/mol. The molecule has 0 saturated heterocycles. The van der Waals surface area contributed by atoms with Gasteiger partial charge in [0.1, 0.15) is 5.82 Å². The van der Waals surface area contributed by atoms with Crippen molar-refractivity contribution in [1.82, 2.24) is 4.98 Å². The minimum atomic E-state index is -4.37. The SMILES string of the molecule is Cc1ccc(C(F)(F)F)cc1Nc1ccnc(NN)c1. The highest BCUT2D eigenvalue weighted by Gasteiger charge is 2.30.